The van der Waals surface area contributed by atoms with E-state index >= 15 is 0 Å². The number of hydrogen-bond donors (Lipinski definition) is 0. The molecule has 4 heteroatoms. The van der Waals surface area contributed by atoms with E-state index in [0.717, 1.165) is 32.4 Å². The Balaban J connectivity index is 2.17. The number of amides is 1. The Morgan fingerprint density at radius 2 is 2.11 bits per heavy atom. The Morgan fingerprint density at radius 3 is 2.63 bits per heavy atom. The highest BCUT2D eigenvalue weighted by molar-refractivity contribution is 9.10. The molecule has 0 aliphatic carbocycles. The second kappa shape index (κ2) is 5.61. The number of carbonyl (C=O) groups is 1. The zero-order valence-corrected chi connectivity index (χ0v) is 13.0. The van der Waals surface area contributed by atoms with Crippen LogP contribution in [0.4, 0.5) is 4.39 Å². The lowest BCUT2D eigenvalue weighted by Crippen LogP contribution is -2.32. The standard InChI is InChI=1S/C15H19BrFNO/c1-3-15(4-2)7-8-18(10-15)14(19)12-6-5-11(17)9-13(12)16/h5-6,9H,3-4,7-8,10H2,1-2H3. The Bertz CT molecular complexity index is 485. The fourth-order valence-electron chi connectivity index (χ4n) is 2.77. The highest BCUT2D eigenvalue weighted by Gasteiger charge is 2.37. The van der Waals surface area contributed by atoms with E-state index in [0.29, 0.717) is 10.0 Å². The number of nitrogens with zero attached hydrogens (tertiary/aromatic N) is 1. The molecule has 1 fully saturated rings. The molecular formula is C15H19BrFNO. The van der Waals surface area contributed by atoms with E-state index < -0.39 is 0 Å². The van der Waals surface area contributed by atoms with Crippen molar-refractivity contribution in [2.24, 2.45) is 5.41 Å². The Labute approximate surface area is 122 Å². The first kappa shape index (κ1) is 14.5. The van der Waals surface area contributed by atoms with Crippen molar-refractivity contribution in [2.45, 2.75) is 33.1 Å². The quantitative estimate of drug-likeness (QED) is 0.813. The molecule has 1 aromatic rings. The van der Waals surface area contributed by atoms with Crippen molar-refractivity contribution in [2.75, 3.05) is 13.1 Å². The van der Waals surface area contributed by atoms with Gasteiger partial charge in [0.2, 0.25) is 0 Å². The van der Waals surface area contributed by atoms with Crippen molar-refractivity contribution < 1.29 is 9.18 Å². The normalized spacial score (nSPS) is 17.8. The summed E-state index contributed by atoms with van der Waals surface area (Å²) in [6, 6.07) is 4.23. The Kier molecular flexibility index (Phi) is 4.29. The molecule has 1 saturated heterocycles. The Hall–Kier alpha value is -0.900. The van der Waals surface area contributed by atoms with Gasteiger partial charge < -0.3 is 4.90 Å². The van der Waals surface area contributed by atoms with E-state index in [-0.39, 0.29) is 17.1 Å². The smallest absolute Gasteiger partial charge is 0.255 e. The third-order valence-electron chi connectivity index (χ3n) is 4.39. The van der Waals surface area contributed by atoms with Gasteiger partial charge in [-0.25, -0.2) is 4.39 Å². The molecule has 104 valence electrons. The van der Waals surface area contributed by atoms with Crippen LogP contribution >= 0.6 is 15.9 Å². The molecule has 1 amide bonds. The van der Waals surface area contributed by atoms with Crippen LogP contribution in [-0.4, -0.2) is 23.9 Å². The highest BCUT2D eigenvalue weighted by atomic mass is 79.9. The number of halogens is 2. The minimum atomic E-state index is -0.332. The minimum Gasteiger partial charge on any atom is -0.338 e. The number of rotatable bonds is 3. The number of likely N-dealkylation sites (tertiary alicyclic amines) is 1. The average Bonchev–Trinajstić information content (AvgIpc) is 2.83. The predicted molar refractivity (Wildman–Crippen MR) is 77.6 cm³/mol. The summed E-state index contributed by atoms with van der Waals surface area (Å²) in [5, 5.41) is 0. The van der Waals surface area contributed by atoms with E-state index in [1.807, 2.05) is 4.90 Å². The van der Waals surface area contributed by atoms with Crippen LogP contribution in [0.3, 0.4) is 0 Å². The van der Waals surface area contributed by atoms with Gasteiger partial charge in [0, 0.05) is 17.6 Å². The predicted octanol–water partition coefficient (Wildman–Crippen LogP) is 4.24. The van der Waals surface area contributed by atoms with Gasteiger partial charge in [0.25, 0.3) is 5.91 Å². The van der Waals surface area contributed by atoms with Crippen LogP contribution in [0.2, 0.25) is 0 Å². The molecule has 0 bridgehead atoms. The van der Waals surface area contributed by atoms with Crippen molar-refractivity contribution in [3.8, 4) is 0 Å². The molecule has 1 heterocycles. The van der Waals surface area contributed by atoms with E-state index in [9.17, 15) is 9.18 Å². The monoisotopic (exact) mass is 327 g/mol. The second-order valence-electron chi connectivity index (χ2n) is 5.31. The summed E-state index contributed by atoms with van der Waals surface area (Å²) in [6.45, 7) is 5.98. The molecule has 1 aromatic carbocycles. The van der Waals surface area contributed by atoms with Gasteiger partial charge in [-0.05, 0) is 58.8 Å². The molecular weight excluding hydrogens is 309 g/mol. The average molecular weight is 328 g/mol. The fraction of sp³-hybridized carbons (Fsp3) is 0.533. The molecule has 0 saturated carbocycles. The molecule has 1 aliphatic rings. The van der Waals surface area contributed by atoms with E-state index in [1.54, 1.807) is 6.07 Å². The molecule has 2 nitrogen and oxygen atoms in total. The van der Waals surface area contributed by atoms with Crippen molar-refractivity contribution in [1.82, 2.24) is 4.90 Å². The zero-order chi connectivity index (χ0) is 14.0. The van der Waals surface area contributed by atoms with E-state index in [4.69, 9.17) is 0 Å². The lowest BCUT2D eigenvalue weighted by Gasteiger charge is -2.26. The molecule has 0 spiro atoms. The van der Waals surface area contributed by atoms with Gasteiger partial charge in [0.05, 0.1) is 5.56 Å². The summed E-state index contributed by atoms with van der Waals surface area (Å²) in [5.74, 6) is -0.336. The maximum atomic E-state index is 13.1. The summed E-state index contributed by atoms with van der Waals surface area (Å²) in [6.07, 6.45) is 3.25. The minimum absolute atomic E-state index is 0.00403. The molecule has 19 heavy (non-hydrogen) atoms. The topological polar surface area (TPSA) is 20.3 Å². The van der Waals surface area contributed by atoms with Crippen LogP contribution in [-0.2, 0) is 0 Å². The summed E-state index contributed by atoms with van der Waals surface area (Å²) >= 11 is 3.27. The second-order valence-corrected chi connectivity index (χ2v) is 6.16. The number of benzene rings is 1. The Morgan fingerprint density at radius 1 is 1.42 bits per heavy atom. The summed E-state index contributed by atoms with van der Waals surface area (Å²) < 4.78 is 13.6. The van der Waals surface area contributed by atoms with E-state index in [2.05, 4.69) is 29.8 Å². The molecule has 0 aromatic heterocycles. The summed E-state index contributed by atoms with van der Waals surface area (Å²) in [7, 11) is 0. The van der Waals surface area contributed by atoms with Crippen molar-refractivity contribution in [1.29, 1.82) is 0 Å². The van der Waals surface area contributed by atoms with Crippen LogP contribution < -0.4 is 0 Å². The van der Waals surface area contributed by atoms with Crippen molar-refractivity contribution >= 4 is 21.8 Å². The summed E-state index contributed by atoms with van der Waals surface area (Å²) in [4.78, 5) is 14.4. The third-order valence-corrected chi connectivity index (χ3v) is 5.04. The van der Waals surface area contributed by atoms with Gasteiger partial charge >= 0.3 is 0 Å². The van der Waals surface area contributed by atoms with Crippen LogP contribution in [0.5, 0.6) is 0 Å². The highest BCUT2D eigenvalue weighted by Crippen LogP contribution is 2.37. The number of carbonyl (C=O) groups excluding carboxylic acids is 1. The van der Waals surface area contributed by atoms with Gasteiger partial charge in [-0.1, -0.05) is 13.8 Å². The van der Waals surface area contributed by atoms with Crippen LogP contribution in [0.1, 0.15) is 43.5 Å². The molecule has 1 aliphatic heterocycles. The van der Waals surface area contributed by atoms with Crippen molar-refractivity contribution in [3.63, 3.8) is 0 Å². The summed E-state index contributed by atoms with van der Waals surface area (Å²) in [5.41, 5.74) is 0.812. The fourth-order valence-corrected chi connectivity index (χ4v) is 3.29. The molecule has 0 N–H and O–H groups in total. The molecule has 2 rings (SSSR count). The van der Waals surface area contributed by atoms with Gasteiger partial charge in [0.1, 0.15) is 5.82 Å². The lowest BCUT2D eigenvalue weighted by molar-refractivity contribution is 0.0769. The maximum absolute atomic E-state index is 13.1. The maximum Gasteiger partial charge on any atom is 0.255 e. The zero-order valence-electron chi connectivity index (χ0n) is 11.4. The SMILES string of the molecule is CCC1(CC)CCN(C(=O)c2ccc(F)cc2Br)C1. The molecule has 0 atom stereocenters. The van der Waals surface area contributed by atoms with Crippen LogP contribution in [0, 0.1) is 11.2 Å². The van der Waals surface area contributed by atoms with Gasteiger partial charge in [0.15, 0.2) is 0 Å². The first-order valence-electron chi connectivity index (χ1n) is 6.75. The largest absolute Gasteiger partial charge is 0.338 e. The third kappa shape index (κ3) is 2.83. The first-order valence-corrected chi connectivity index (χ1v) is 7.55. The van der Waals surface area contributed by atoms with Crippen LogP contribution in [0.25, 0.3) is 0 Å². The van der Waals surface area contributed by atoms with Crippen LogP contribution in [0.15, 0.2) is 22.7 Å². The first-order chi connectivity index (χ1) is 9.01. The van der Waals surface area contributed by atoms with Gasteiger partial charge in [-0.2, -0.15) is 0 Å². The molecule has 0 unspecified atom stereocenters. The van der Waals surface area contributed by atoms with E-state index in [1.165, 1.54) is 12.1 Å². The van der Waals surface area contributed by atoms with Crippen molar-refractivity contribution in [3.05, 3.63) is 34.1 Å². The lowest BCUT2D eigenvalue weighted by atomic mass is 9.82. The van der Waals surface area contributed by atoms with Gasteiger partial charge in [-0.15, -0.1) is 0 Å². The van der Waals surface area contributed by atoms with Gasteiger partial charge in [-0.3, -0.25) is 4.79 Å². The number of hydrogen-bond acceptors (Lipinski definition) is 1. The molecule has 0 radical (unpaired) electrons.